The van der Waals surface area contributed by atoms with Gasteiger partial charge in [-0.15, -0.1) is 6.58 Å². The van der Waals surface area contributed by atoms with Gasteiger partial charge < -0.3 is 54.1 Å². The van der Waals surface area contributed by atoms with Crippen LogP contribution in [0.15, 0.2) is 60.1 Å². The summed E-state index contributed by atoms with van der Waals surface area (Å²) in [6, 6.07) is 0. The second-order valence-electron chi connectivity index (χ2n) is 9.46. The molecule has 0 aliphatic carbocycles. The maximum absolute atomic E-state index is 12.6. The third kappa shape index (κ3) is 7.25. The quantitative estimate of drug-likeness (QED) is 0.113. The molecule has 40 heavy (non-hydrogen) atoms. The van der Waals surface area contributed by atoms with Crippen molar-refractivity contribution in [1.82, 2.24) is 0 Å². The molecule has 0 aromatic rings. The van der Waals surface area contributed by atoms with Crippen LogP contribution in [-0.2, 0) is 33.3 Å². The second-order valence-corrected chi connectivity index (χ2v) is 9.46. The Morgan fingerprint density at radius 1 is 1.23 bits per heavy atom. The number of quaternary nitrogens is 1. The van der Waals surface area contributed by atoms with Crippen LogP contribution in [0.1, 0.15) is 6.92 Å². The third-order valence-corrected chi connectivity index (χ3v) is 6.89. The largest absolute Gasteiger partial charge is 0.477 e. The van der Waals surface area contributed by atoms with Crippen LogP contribution in [0.25, 0.3) is 0 Å². The number of aliphatic hydroxyl groups excluding tert-OH is 4. The summed E-state index contributed by atoms with van der Waals surface area (Å²) < 4.78 is 28.0. The molecule has 3 rings (SSSR count). The topological polar surface area (TPSA) is 186 Å². The Morgan fingerprint density at radius 3 is 2.58 bits per heavy atom. The fourth-order valence-electron chi connectivity index (χ4n) is 4.86. The van der Waals surface area contributed by atoms with Crippen LogP contribution < -0.4 is 4.90 Å². The lowest BCUT2D eigenvalue weighted by atomic mass is 9.83. The molecule has 3 aliphatic rings. The molecule has 0 aromatic carbocycles. The van der Waals surface area contributed by atoms with E-state index in [4.69, 9.17) is 23.7 Å². The molecule has 13 nitrogen and oxygen atoms in total. The number of allylic oxidation sites excluding steroid dienone is 1. The first-order valence-corrected chi connectivity index (χ1v) is 12.9. The average Bonchev–Trinajstić information content (AvgIpc) is 2.95. The van der Waals surface area contributed by atoms with Crippen LogP contribution in [0, 0.1) is 11.8 Å². The molecule has 3 heterocycles. The van der Waals surface area contributed by atoms with Crippen LogP contribution in [0.2, 0.25) is 0 Å². The molecule has 9 unspecified atom stereocenters. The number of methoxy groups -OCH3 is 1. The van der Waals surface area contributed by atoms with E-state index in [9.17, 15) is 35.1 Å². The maximum atomic E-state index is 12.6. The van der Waals surface area contributed by atoms with Gasteiger partial charge in [0, 0.05) is 18.1 Å². The van der Waals surface area contributed by atoms with E-state index in [0.717, 1.165) is 4.90 Å². The second kappa shape index (κ2) is 14.7. The van der Waals surface area contributed by atoms with E-state index in [2.05, 4.69) is 6.58 Å². The predicted molar refractivity (Wildman–Crippen MR) is 137 cm³/mol. The van der Waals surface area contributed by atoms with E-state index in [1.54, 1.807) is 19.1 Å². The monoisotopic (exact) mass is 568 g/mol. The van der Waals surface area contributed by atoms with E-state index in [0.29, 0.717) is 18.7 Å². The molecular weight excluding hydrogens is 530 g/mol. The Kier molecular flexibility index (Phi) is 11.6. The highest BCUT2D eigenvalue weighted by molar-refractivity contribution is 5.90. The summed E-state index contributed by atoms with van der Waals surface area (Å²) in [5.74, 6) is -3.15. The van der Waals surface area contributed by atoms with Gasteiger partial charge in [0.15, 0.2) is 6.29 Å². The fourth-order valence-corrected chi connectivity index (χ4v) is 4.86. The van der Waals surface area contributed by atoms with Gasteiger partial charge in [-0.1, -0.05) is 18.2 Å². The number of aliphatic carboxylic acids is 1. The van der Waals surface area contributed by atoms with Gasteiger partial charge in [0.2, 0.25) is 6.29 Å². The molecule has 0 amide bonds. The molecule has 13 heteroatoms. The van der Waals surface area contributed by atoms with Crippen LogP contribution in [-0.4, -0.2) is 114 Å². The number of carboxylic acids is 1. The number of nitrogens with one attached hydrogen (secondary N) is 1. The van der Waals surface area contributed by atoms with Gasteiger partial charge in [0.05, 0.1) is 38.1 Å². The van der Waals surface area contributed by atoms with Crippen molar-refractivity contribution in [3.63, 3.8) is 0 Å². The van der Waals surface area contributed by atoms with Crippen LogP contribution in [0.4, 0.5) is 0 Å². The number of aliphatic hydroxyl groups is 4. The SMILES string of the molecule is C=CC1C(OC2OC(CO)C(O)C(O)C2OCC)OC=C(C(=O)OC)C1C=CC1=CC(C(=O)O)=C[NH+](CCO)C1. The van der Waals surface area contributed by atoms with Crippen LogP contribution in [0.3, 0.4) is 0 Å². The van der Waals surface area contributed by atoms with Gasteiger partial charge >= 0.3 is 11.9 Å². The normalized spacial score (nSPS) is 34.4. The number of rotatable bonds is 12. The first-order chi connectivity index (χ1) is 19.2. The van der Waals surface area contributed by atoms with Gasteiger partial charge in [-0.3, -0.25) is 0 Å². The standard InChI is InChI=1S/C27H37NO12/c1-4-17-18(7-6-15-10-16(24(33)34)12-28(11-15)8-9-29)19(25(35)36-3)14-38-26(17)40-27-23(37-5-2)22(32)21(31)20(13-30)39-27/h4,6-7,10,12,14,17-18,20-23,26-27,29-32H,1,5,8-9,11,13H2,2-3H3,(H,33,34)/p+1. The minimum absolute atomic E-state index is 0.0714. The summed E-state index contributed by atoms with van der Waals surface area (Å²) in [4.78, 5) is 25.0. The van der Waals surface area contributed by atoms with Gasteiger partial charge in [-0.2, -0.15) is 0 Å². The minimum atomic E-state index is -1.42. The summed E-state index contributed by atoms with van der Waals surface area (Å²) >= 11 is 0. The molecule has 1 saturated heterocycles. The highest BCUT2D eigenvalue weighted by Gasteiger charge is 2.48. The molecule has 9 atom stereocenters. The summed E-state index contributed by atoms with van der Waals surface area (Å²) in [6.07, 6.45) is 1.72. The van der Waals surface area contributed by atoms with Gasteiger partial charge in [0.1, 0.15) is 49.3 Å². The number of ether oxygens (including phenoxy) is 5. The molecule has 0 aromatic heterocycles. The molecule has 0 spiro atoms. The molecular formula is C27H38NO12+. The number of carbonyl (C=O) groups excluding carboxylic acids is 1. The zero-order valence-electron chi connectivity index (χ0n) is 22.4. The number of carbonyl (C=O) groups is 2. The van der Waals surface area contributed by atoms with E-state index in [1.165, 1.54) is 31.7 Å². The number of hydrogen-bond acceptors (Lipinski definition) is 11. The van der Waals surface area contributed by atoms with Crippen molar-refractivity contribution >= 4 is 11.9 Å². The zero-order chi connectivity index (χ0) is 29.4. The molecule has 1 fully saturated rings. The Morgan fingerprint density at radius 2 is 1.98 bits per heavy atom. The van der Waals surface area contributed by atoms with Crippen LogP contribution >= 0.6 is 0 Å². The maximum Gasteiger partial charge on any atom is 0.341 e. The Bertz CT molecular complexity index is 1040. The third-order valence-electron chi connectivity index (χ3n) is 6.89. The first-order valence-electron chi connectivity index (χ1n) is 12.9. The Labute approximate surface area is 231 Å². The molecule has 0 bridgehead atoms. The first kappa shape index (κ1) is 31.6. The molecule has 0 radical (unpaired) electrons. The Hall–Kier alpha value is -2.88. The van der Waals surface area contributed by atoms with Crippen molar-refractivity contribution in [2.75, 3.05) is 40.0 Å². The van der Waals surface area contributed by atoms with E-state index in [1.807, 2.05) is 0 Å². The van der Waals surface area contributed by atoms with Gasteiger partial charge in [-0.05, 0) is 13.0 Å². The zero-order valence-corrected chi connectivity index (χ0v) is 22.4. The van der Waals surface area contributed by atoms with Gasteiger partial charge in [-0.25, -0.2) is 9.59 Å². The van der Waals surface area contributed by atoms with E-state index < -0.39 is 67.4 Å². The minimum Gasteiger partial charge on any atom is -0.477 e. The van der Waals surface area contributed by atoms with Crippen molar-refractivity contribution in [2.24, 2.45) is 11.8 Å². The van der Waals surface area contributed by atoms with E-state index in [-0.39, 0.29) is 24.4 Å². The van der Waals surface area contributed by atoms with Crippen molar-refractivity contribution in [3.05, 3.63) is 60.1 Å². The van der Waals surface area contributed by atoms with E-state index >= 15 is 0 Å². The highest BCUT2D eigenvalue weighted by atomic mass is 16.8. The lowest BCUT2D eigenvalue weighted by Gasteiger charge is -2.44. The van der Waals surface area contributed by atoms with Crippen molar-refractivity contribution < 1.29 is 63.7 Å². The van der Waals surface area contributed by atoms with Crippen molar-refractivity contribution in [1.29, 1.82) is 0 Å². The summed E-state index contributed by atoms with van der Waals surface area (Å²) in [5, 5.41) is 49.3. The number of esters is 1. The van der Waals surface area contributed by atoms with Crippen molar-refractivity contribution in [3.8, 4) is 0 Å². The molecule has 0 saturated carbocycles. The number of carboxylic acid groups (broad SMARTS) is 1. The molecule has 3 aliphatic heterocycles. The summed E-state index contributed by atoms with van der Waals surface area (Å²) in [6.45, 7) is 5.75. The number of hydrogen-bond donors (Lipinski definition) is 6. The fraction of sp³-hybridized carbons (Fsp3) is 0.556. The lowest BCUT2D eigenvalue weighted by Crippen LogP contribution is -3.08. The lowest BCUT2D eigenvalue weighted by molar-refractivity contribution is -0.842. The molecule has 222 valence electrons. The molecule has 6 N–H and O–H groups in total. The summed E-state index contributed by atoms with van der Waals surface area (Å²) in [5.41, 5.74) is 0.875. The average molecular weight is 569 g/mol. The van der Waals surface area contributed by atoms with Crippen LogP contribution in [0.5, 0.6) is 0 Å². The Balaban J connectivity index is 1.91. The van der Waals surface area contributed by atoms with Crippen molar-refractivity contribution in [2.45, 2.75) is 43.9 Å². The highest BCUT2D eigenvalue weighted by Crippen LogP contribution is 2.36. The predicted octanol–water partition coefficient (Wildman–Crippen LogP) is -1.98. The van der Waals surface area contributed by atoms with Gasteiger partial charge in [0.25, 0.3) is 0 Å². The summed E-state index contributed by atoms with van der Waals surface area (Å²) in [7, 11) is 1.23. The smallest absolute Gasteiger partial charge is 0.341 e.